The third-order valence-electron chi connectivity index (χ3n) is 5.02. The Balaban J connectivity index is 1.85. The van der Waals surface area contributed by atoms with Gasteiger partial charge in [0, 0.05) is 58.1 Å². The molecule has 0 unspecified atom stereocenters. The maximum Gasteiger partial charge on any atom is 0.411 e. The summed E-state index contributed by atoms with van der Waals surface area (Å²) in [5.41, 5.74) is -9.35. The first kappa shape index (κ1) is 9.62. The van der Waals surface area contributed by atoms with Gasteiger partial charge in [-0.05, 0) is 85.4 Å². The Morgan fingerprint density at radius 1 is 1.17 bits per heavy atom. The van der Waals surface area contributed by atoms with Crippen LogP contribution < -0.4 is 14.8 Å². The summed E-state index contributed by atoms with van der Waals surface area (Å²) < 4.78 is 277. The Morgan fingerprint density at radius 3 is 2.78 bits per heavy atom. The van der Waals surface area contributed by atoms with Crippen LogP contribution >= 0.6 is 0 Å². The Bertz CT molecular complexity index is 3000. The largest absolute Gasteiger partial charge is 0.496 e. The molecule has 0 atom stereocenters. The predicted octanol–water partition coefficient (Wildman–Crippen LogP) is 5.70. The number of fused-ring (bicyclic) bond motifs is 1. The number of aryl methyl sites for hydroxylation is 1. The van der Waals surface area contributed by atoms with Crippen molar-refractivity contribution in [3.63, 3.8) is 0 Å². The number of aromatic nitrogens is 1. The number of hydrogen-bond acceptors (Lipinski definition) is 6. The molecule has 0 bridgehead atoms. The number of sulfonamides is 1. The van der Waals surface area contributed by atoms with Crippen LogP contribution in [0.25, 0.3) is 10.9 Å². The predicted molar refractivity (Wildman–Crippen MR) is 157 cm³/mol. The van der Waals surface area contributed by atoms with Gasteiger partial charge in [0.05, 0.1) is 32.5 Å². The fraction of sp³-hybridized carbons (Fsp3) is 0.290. The highest BCUT2D eigenvalue weighted by atomic mass is 32.2. The van der Waals surface area contributed by atoms with Crippen molar-refractivity contribution >= 4 is 38.6 Å². The van der Waals surface area contributed by atoms with Crippen molar-refractivity contribution in [2.24, 2.45) is 6.98 Å². The molecule has 4 aromatic rings. The van der Waals surface area contributed by atoms with Gasteiger partial charge in [0.2, 0.25) is 0 Å². The summed E-state index contributed by atoms with van der Waals surface area (Å²) in [6.45, 7) is -7.40. The van der Waals surface area contributed by atoms with Gasteiger partial charge in [0.15, 0.2) is 2.82 Å². The molecule has 0 radical (unpaired) electrons. The Morgan fingerprint density at radius 2 is 2.00 bits per heavy atom. The van der Waals surface area contributed by atoms with E-state index in [1.807, 2.05) is 0 Å². The topological polar surface area (TPSA) is 116 Å². The van der Waals surface area contributed by atoms with E-state index in [2.05, 4.69) is 0 Å². The molecular formula is C31H33N3O6S. The number of carbonyl (C=O) groups is 2. The molecule has 214 valence electrons. The molecule has 1 fully saturated rings. The number of nitrogens with one attached hydrogen (secondary N) is 2. The van der Waals surface area contributed by atoms with Gasteiger partial charge in [-0.1, -0.05) is 24.2 Å². The molecule has 1 aliphatic rings. The lowest BCUT2D eigenvalue weighted by Gasteiger charge is -2.13. The molecule has 1 heterocycles. The highest BCUT2D eigenvalue weighted by Crippen LogP contribution is 2.30. The lowest BCUT2D eigenvalue weighted by Crippen LogP contribution is -2.31. The van der Waals surface area contributed by atoms with Crippen molar-refractivity contribution in [2.75, 3.05) is 12.3 Å². The molecule has 9 nitrogen and oxygen atoms in total. The van der Waals surface area contributed by atoms with E-state index < -0.39 is 207 Å². The van der Waals surface area contributed by atoms with Gasteiger partial charge in [0.1, 0.15) is 11.8 Å². The SMILES string of the molecule is [2H]c1c([2H])c([2H])c(S(=O)(=O)N([2H])C(=O)c2c([2H])c([2H])c(C([2H])([2H])c3c([2H])n(C([2H])([2H])[2H])c4c([2H])c([2H])c(N([2H])C(=O)OC5([2H])C([2H])([2H])CCC5([2H])[2H])c([2H])c34)c(OC([2H])([2H])[2H])c2[2H])c(C([2H])([2H])[2H])c1[2H]. The number of hydrogen-bond donors (Lipinski definition) is 2. The summed E-state index contributed by atoms with van der Waals surface area (Å²) in [5, 5.41) is -1.87. The first-order valence-corrected chi connectivity index (χ1v) is 12.4. The Hall–Kier alpha value is -4.31. The van der Waals surface area contributed by atoms with Gasteiger partial charge >= 0.3 is 6.09 Å². The van der Waals surface area contributed by atoms with E-state index in [9.17, 15) is 20.7 Å². The van der Waals surface area contributed by atoms with Crippen LogP contribution in [0.3, 0.4) is 0 Å². The van der Waals surface area contributed by atoms with Crippen LogP contribution in [0.5, 0.6) is 5.75 Å². The molecule has 1 aliphatic carbocycles. The zero-order chi connectivity index (χ0) is 54.3. The smallest absolute Gasteiger partial charge is 0.411 e. The highest BCUT2D eigenvalue weighted by Gasteiger charge is 2.22. The van der Waals surface area contributed by atoms with Crippen molar-refractivity contribution in [2.45, 2.75) is 49.8 Å². The van der Waals surface area contributed by atoms with Gasteiger partial charge in [-0.25, -0.2) is 17.9 Å². The van der Waals surface area contributed by atoms with E-state index in [4.69, 9.17) is 46.6 Å². The standard InChI is InChI=1S/C31H33N3O6S/c1-20-8-4-7-11-29(20)41(37,38)33-30(35)22-13-12-21(28(17-22)39-3)16-23-19-34(2)27-15-14-24(18-26(23)27)32-31(36)40-25-9-5-6-10-25/h4,7-8,11-15,17-19,25H,5-6,9-10,16H2,1-3H3,(H,32,36)(H,33,35)/i1D3,2D3,3D3,4D,7D,8D,9D2,10D2,11D,12D,13D,14D,15D,16D2,17D,18D,19D,25D/hD2. The van der Waals surface area contributed by atoms with Crippen LogP contribution in [-0.2, 0) is 28.1 Å². The molecule has 5 rings (SSSR count). The first-order chi connectivity index (χ1) is 31.3. The molecule has 3 aromatic carbocycles. The Labute approximate surface area is 280 Å². The van der Waals surface area contributed by atoms with E-state index in [-0.39, 0.29) is 4.57 Å². The zero-order valence-electron chi connectivity index (χ0n) is 49.1. The average molecular weight is 605 g/mol. The van der Waals surface area contributed by atoms with Crippen molar-refractivity contribution in [3.05, 3.63) is 88.9 Å². The number of ether oxygens (including phenoxy) is 2. The summed E-state index contributed by atoms with van der Waals surface area (Å²) in [6, 6.07) is -15.5. The second kappa shape index (κ2) is 11.7. The molecule has 0 spiro atoms. The maximum atomic E-state index is 14.0. The summed E-state index contributed by atoms with van der Waals surface area (Å²) in [4.78, 5) is 25.5. The van der Waals surface area contributed by atoms with E-state index in [0.29, 0.717) is 0 Å². The van der Waals surface area contributed by atoms with Crippen molar-refractivity contribution in [1.82, 2.24) is 9.28 Å². The second-order valence-electron chi connectivity index (χ2n) is 7.69. The minimum Gasteiger partial charge on any atom is -0.496 e. The quantitative estimate of drug-likeness (QED) is 0.267. The number of anilines is 1. The maximum absolute atomic E-state index is 14.0. The lowest BCUT2D eigenvalue weighted by molar-refractivity contribution is 0.0980. The molecule has 2 N–H and O–H groups in total. The van der Waals surface area contributed by atoms with Crippen molar-refractivity contribution in [1.29, 1.82) is 0 Å². The van der Waals surface area contributed by atoms with Crippen molar-refractivity contribution < 1.29 is 67.3 Å². The van der Waals surface area contributed by atoms with E-state index in [1.165, 1.54) is 0 Å². The second-order valence-corrected chi connectivity index (χ2v) is 9.23. The summed E-state index contributed by atoms with van der Waals surface area (Å²) in [6.07, 6.45) is -18.4. The van der Waals surface area contributed by atoms with E-state index >= 15 is 0 Å². The number of nitrogens with zero attached hydrogens (tertiary/aromatic N) is 1. The number of benzene rings is 3. The number of amides is 2. The van der Waals surface area contributed by atoms with Crippen molar-refractivity contribution in [3.8, 4) is 5.75 Å². The molecule has 0 saturated heterocycles. The molecule has 41 heavy (non-hydrogen) atoms. The Kier molecular flexibility index (Phi) is 2.74. The van der Waals surface area contributed by atoms with Gasteiger partial charge in [-0.2, -0.15) is 0 Å². The van der Waals surface area contributed by atoms with Gasteiger partial charge in [-0.15, -0.1) is 0 Å². The summed E-state index contributed by atoms with van der Waals surface area (Å²) in [5.74, 6) is -4.27. The monoisotopic (exact) mass is 604 g/mol. The molecule has 1 aromatic heterocycles. The van der Waals surface area contributed by atoms with E-state index in [0.717, 1.165) is 0 Å². The molecule has 10 heteroatoms. The highest BCUT2D eigenvalue weighted by molar-refractivity contribution is 7.90. The third-order valence-corrected chi connectivity index (χ3v) is 6.25. The average Bonchev–Trinajstić information content (AvgIpc) is 3.62. The number of methoxy groups -OCH3 is 1. The normalized spacial score (nSPS) is 28.4. The molecular weight excluding hydrogens is 542 g/mol. The molecule has 1 saturated carbocycles. The van der Waals surface area contributed by atoms with Crippen LogP contribution in [0, 0.1) is 6.85 Å². The van der Waals surface area contributed by atoms with Crippen LogP contribution in [0.4, 0.5) is 10.5 Å². The number of carbonyl (C=O) groups excluding carboxylic acids is 2. The third kappa shape index (κ3) is 6.22. The lowest BCUT2D eigenvalue weighted by atomic mass is 10.0. The minimum atomic E-state index is -6.17. The first-order valence-electron chi connectivity index (χ1n) is 25.4. The van der Waals surface area contributed by atoms with Gasteiger partial charge in [-0.3, -0.25) is 10.1 Å². The fourth-order valence-corrected chi connectivity index (χ4v) is 4.17. The minimum absolute atomic E-state index is 0.131. The molecule has 2 amide bonds. The zero-order valence-corrected chi connectivity index (χ0v) is 20.9. The number of rotatable bonds is 8. The fourth-order valence-electron chi connectivity index (χ4n) is 3.28. The summed E-state index contributed by atoms with van der Waals surface area (Å²) in [7, 11) is -10.1. The molecule has 0 aliphatic heterocycles. The van der Waals surface area contributed by atoms with Crippen LogP contribution in [0.15, 0.2) is 71.5 Å². The van der Waals surface area contributed by atoms with Crippen LogP contribution in [0.2, 0.25) is 2.82 Å². The van der Waals surface area contributed by atoms with Gasteiger partial charge in [0.25, 0.3) is 15.9 Å². The van der Waals surface area contributed by atoms with Gasteiger partial charge < -0.3 is 14.0 Å². The summed E-state index contributed by atoms with van der Waals surface area (Å²) >= 11 is 0. The van der Waals surface area contributed by atoms with E-state index in [1.54, 1.807) is 0 Å². The van der Waals surface area contributed by atoms with Crippen LogP contribution in [-0.4, -0.2) is 38.1 Å². The van der Waals surface area contributed by atoms with Crippen LogP contribution in [0.1, 0.15) is 89.6 Å².